The molecule has 0 atom stereocenters. The lowest BCUT2D eigenvalue weighted by Crippen LogP contribution is -2.25. The van der Waals surface area contributed by atoms with E-state index in [4.69, 9.17) is 34.8 Å². The van der Waals surface area contributed by atoms with E-state index in [1.165, 1.54) is 4.68 Å². The summed E-state index contributed by atoms with van der Waals surface area (Å²) in [6.45, 7) is 0.0670. The van der Waals surface area contributed by atoms with Crippen LogP contribution in [0, 0.1) is 0 Å². The third-order valence-electron chi connectivity index (χ3n) is 4.15. The summed E-state index contributed by atoms with van der Waals surface area (Å²) in [6, 6.07) is 12.0. The zero-order chi connectivity index (χ0) is 20.8. The minimum atomic E-state index is -0.413. The standard InChI is InChI=1S/C20H18Cl3FN4O/c21-13-4-7-15(8-5-13)28-19(16-9-6-14(22)12-17(16)23)26-18(27-28)20(29)25-11-3-1-2-10-24/h4-9,12H,1-3,10-11H2,(H,25,29). The number of carbonyl (C=O) groups is 1. The number of rotatable bonds is 8. The molecule has 0 radical (unpaired) electrons. The molecular formula is C20H18Cl3FN4O. The summed E-state index contributed by atoms with van der Waals surface area (Å²) in [7, 11) is 0. The van der Waals surface area contributed by atoms with Crippen LogP contribution in [-0.4, -0.2) is 33.9 Å². The Bertz CT molecular complexity index is 992. The molecule has 0 unspecified atom stereocenters. The van der Waals surface area contributed by atoms with E-state index in [0.717, 1.165) is 0 Å². The molecule has 0 saturated carbocycles. The van der Waals surface area contributed by atoms with Gasteiger partial charge in [-0.05, 0) is 61.7 Å². The van der Waals surface area contributed by atoms with Gasteiger partial charge in [0.05, 0.1) is 17.4 Å². The van der Waals surface area contributed by atoms with E-state index in [0.29, 0.717) is 58.0 Å². The SMILES string of the molecule is O=C(NCCCCCF)c1nc(-c2ccc(Cl)cc2Cl)n(-c2ccc(Cl)cc2)n1. The second-order valence-electron chi connectivity index (χ2n) is 6.28. The molecular weight excluding hydrogens is 438 g/mol. The molecule has 0 aliphatic heterocycles. The van der Waals surface area contributed by atoms with Gasteiger partial charge in [0.15, 0.2) is 5.82 Å². The van der Waals surface area contributed by atoms with Gasteiger partial charge in [0.2, 0.25) is 5.82 Å². The Balaban J connectivity index is 1.93. The summed E-state index contributed by atoms with van der Waals surface area (Å²) in [5, 5.41) is 8.57. The Hall–Kier alpha value is -2.15. The van der Waals surface area contributed by atoms with E-state index in [-0.39, 0.29) is 12.5 Å². The lowest BCUT2D eigenvalue weighted by atomic mass is 10.2. The van der Waals surface area contributed by atoms with E-state index in [9.17, 15) is 9.18 Å². The number of benzene rings is 2. The fourth-order valence-corrected chi connectivity index (χ4v) is 3.31. The molecule has 1 N–H and O–H groups in total. The van der Waals surface area contributed by atoms with Gasteiger partial charge < -0.3 is 5.32 Å². The van der Waals surface area contributed by atoms with Crippen molar-refractivity contribution in [2.75, 3.05) is 13.2 Å². The van der Waals surface area contributed by atoms with Crippen LogP contribution in [0.1, 0.15) is 29.9 Å². The van der Waals surface area contributed by atoms with Crippen LogP contribution in [0.25, 0.3) is 17.1 Å². The molecule has 0 bridgehead atoms. The summed E-state index contributed by atoms with van der Waals surface area (Å²) in [5.74, 6) is -0.00711. The fraction of sp³-hybridized carbons (Fsp3) is 0.250. The van der Waals surface area contributed by atoms with Crippen LogP contribution in [0.5, 0.6) is 0 Å². The quantitative estimate of drug-likeness (QED) is 0.439. The summed E-state index contributed by atoms with van der Waals surface area (Å²) in [6.07, 6.45) is 1.87. The van der Waals surface area contributed by atoms with Gasteiger partial charge in [0.25, 0.3) is 5.91 Å². The van der Waals surface area contributed by atoms with Crippen molar-refractivity contribution in [1.82, 2.24) is 20.1 Å². The average molecular weight is 456 g/mol. The van der Waals surface area contributed by atoms with E-state index in [1.807, 2.05) is 0 Å². The van der Waals surface area contributed by atoms with Gasteiger partial charge in [-0.2, -0.15) is 0 Å². The smallest absolute Gasteiger partial charge is 0.290 e. The van der Waals surface area contributed by atoms with Crippen molar-refractivity contribution in [2.24, 2.45) is 0 Å². The second-order valence-corrected chi connectivity index (χ2v) is 7.56. The van der Waals surface area contributed by atoms with Gasteiger partial charge in [-0.3, -0.25) is 9.18 Å². The molecule has 0 spiro atoms. The molecule has 1 heterocycles. The Morgan fingerprint density at radius 3 is 2.41 bits per heavy atom. The van der Waals surface area contributed by atoms with Gasteiger partial charge in [0, 0.05) is 22.2 Å². The topological polar surface area (TPSA) is 59.8 Å². The first-order valence-corrected chi connectivity index (χ1v) is 10.2. The first kappa shape index (κ1) is 21.6. The van der Waals surface area contributed by atoms with Crippen molar-refractivity contribution in [3.63, 3.8) is 0 Å². The first-order chi connectivity index (χ1) is 14.0. The maximum absolute atomic E-state index is 12.5. The van der Waals surface area contributed by atoms with Crippen LogP contribution in [0.15, 0.2) is 42.5 Å². The van der Waals surface area contributed by atoms with Gasteiger partial charge >= 0.3 is 0 Å². The molecule has 152 valence electrons. The number of unbranched alkanes of at least 4 members (excludes halogenated alkanes) is 2. The summed E-state index contributed by atoms with van der Waals surface area (Å²) >= 11 is 18.3. The first-order valence-electron chi connectivity index (χ1n) is 9.02. The van der Waals surface area contributed by atoms with Gasteiger partial charge in [0.1, 0.15) is 0 Å². The highest BCUT2D eigenvalue weighted by Gasteiger charge is 2.20. The monoisotopic (exact) mass is 454 g/mol. The van der Waals surface area contributed by atoms with Crippen molar-refractivity contribution in [3.05, 3.63) is 63.4 Å². The highest BCUT2D eigenvalue weighted by molar-refractivity contribution is 6.36. The van der Waals surface area contributed by atoms with Gasteiger partial charge in [-0.15, -0.1) is 5.10 Å². The average Bonchev–Trinajstić information content (AvgIpc) is 3.13. The van der Waals surface area contributed by atoms with Crippen molar-refractivity contribution >= 4 is 40.7 Å². The van der Waals surface area contributed by atoms with Crippen LogP contribution >= 0.6 is 34.8 Å². The third-order valence-corrected chi connectivity index (χ3v) is 4.95. The Morgan fingerprint density at radius 1 is 1.00 bits per heavy atom. The molecule has 0 saturated heterocycles. The van der Waals surface area contributed by atoms with Crippen LogP contribution in [0.4, 0.5) is 4.39 Å². The normalized spacial score (nSPS) is 10.9. The highest BCUT2D eigenvalue weighted by atomic mass is 35.5. The number of alkyl halides is 1. The zero-order valence-electron chi connectivity index (χ0n) is 15.3. The molecule has 0 aliphatic carbocycles. The van der Waals surface area contributed by atoms with E-state index in [2.05, 4.69) is 15.4 Å². The van der Waals surface area contributed by atoms with Gasteiger partial charge in [-0.25, -0.2) is 9.67 Å². The van der Waals surface area contributed by atoms with Crippen molar-refractivity contribution < 1.29 is 9.18 Å². The molecule has 5 nitrogen and oxygen atoms in total. The van der Waals surface area contributed by atoms with Crippen LogP contribution < -0.4 is 5.32 Å². The van der Waals surface area contributed by atoms with E-state index < -0.39 is 5.91 Å². The third kappa shape index (κ3) is 5.47. The zero-order valence-corrected chi connectivity index (χ0v) is 17.6. The lowest BCUT2D eigenvalue weighted by molar-refractivity contribution is 0.0942. The molecule has 0 fully saturated rings. The molecule has 2 aromatic carbocycles. The number of nitrogens with one attached hydrogen (secondary N) is 1. The largest absolute Gasteiger partial charge is 0.349 e. The summed E-state index contributed by atoms with van der Waals surface area (Å²) < 4.78 is 13.7. The fourth-order valence-electron chi connectivity index (χ4n) is 2.69. The molecule has 1 aromatic heterocycles. The number of carbonyl (C=O) groups excluding carboxylic acids is 1. The van der Waals surface area contributed by atoms with Crippen LogP contribution in [0.3, 0.4) is 0 Å². The van der Waals surface area contributed by atoms with Crippen LogP contribution in [-0.2, 0) is 0 Å². The Morgan fingerprint density at radius 2 is 1.72 bits per heavy atom. The summed E-state index contributed by atoms with van der Waals surface area (Å²) in [4.78, 5) is 16.9. The van der Waals surface area contributed by atoms with Gasteiger partial charge in [-0.1, -0.05) is 34.8 Å². The number of hydrogen-bond donors (Lipinski definition) is 1. The van der Waals surface area contributed by atoms with Crippen LogP contribution in [0.2, 0.25) is 15.1 Å². The minimum Gasteiger partial charge on any atom is -0.349 e. The van der Waals surface area contributed by atoms with Crippen molar-refractivity contribution in [2.45, 2.75) is 19.3 Å². The van der Waals surface area contributed by atoms with Crippen molar-refractivity contribution in [3.8, 4) is 17.1 Å². The second kappa shape index (κ2) is 10.1. The predicted molar refractivity (Wildman–Crippen MR) is 114 cm³/mol. The van der Waals surface area contributed by atoms with E-state index >= 15 is 0 Å². The maximum Gasteiger partial charge on any atom is 0.290 e. The molecule has 29 heavy (non-hydrogen) atoms. The minimum absolute atomic E-state index is 0.00598. The number of nitrogens with zero attached hydrogens (tertiary/aromatic N) is 3. The number of hydrogen-bond acceptors (Lipinski definition) is 3. The molecule has 3 rings (SSSR count). The molecule has 0 aliphatic rings. The highest BCUT2D eigenvalue weighted by Crippen LogP contribution is 2.31. The lowest BCUT2D eigenvalue weighted by Gasteiger charge is -2.07. The number of halogens is 4. The predicted octanol–water partition coefficient (Wildman–Crippen LogP) is 5.76. The summed E-state index contributed by atoms with van der Waals surface area (Å²) in [5.41, 5.74) is 1.26. The molecule has 1 amide bonds. The van der Waals surface area contributed by atoms with Crippen molar-refractivity contribution in [1.29, 1.82) is 0 Å². The van der Waals surface area contributed by atoms with E-state index in [1.54, 1.807) is 42.5 Å². The number of amides is 1. The Kier molecular flexibility index (Phi) is 7.47. The molecule has 3 aromatic rings. The maximum atomic E-state index is 12.5. The Labute approximate surface area is 182 Å². The number of aromatic nitrogens is 3. The molecule has 9 heteroatoms.